The fourth-order valence-electron chi connectivity index (χ4n) is 2.57. The molecule has 6 N–H and O–H groups in total. The highest BCUT2D eigenvalue weighted by Crippen LogP contribution is 2.18. The van der Waals surface area contributed by atoms with E-state index in [0.717, 1.165) is 11.4 Å². The first-order valence-corrected chi connectivity index (χ1v) is 11.6. The summed E-state index contributed by atoms with van der Waals surface area (Å²) in [6.45, 7) is 0. The van der Waals surface area contributed by atoms with Gasteiger partial charge in [0.1, 0.15) is 0 Å². The van der Waals surface area contributed by atoms with E-state index in [2.05, 4.69) is 21.7 Å². The van der Waals surface area contributed by atoms with Gasteiger partial charge in [0, 0.05) is 11.4 Å². The third-order valence-electron chi connectivity index (χ3n) is 4.19. The maximum absolute atomic E-state index is 11.0. The van der Waals surface area contributed by atoms with Crippen LogP contribution in [0.1, 0.15) is 12.8 Å². The molecule has 0 heterocycles. The number of allylic oxidation sites excluding steroid dienone is 4. The average Bonchev–Trinajstić information content (AvgIpc) is 2.71. The van der Waals surface area contributed by atoms with E-state index >= 15 is 0 Å². The molecule has 160 valence electrons. The molecule has 12 heteroatoms. The third kappa shape index (κ3) is 5.97. The molecular weight excluding hydrogens is 432 g/mol. The van der Waals surface area contributed by atoms with Crippen molar-refractivity contribution in [2.75, 3.05) is 10.9 Å². The highest BCUT2D eigenvalue weighted by Gasteiger charge is 2.10. The van der Waals surface area contributed by atoms with Gasteiger partial charge in [-0.25, -0.2) is 0 Å². The molecule has 0 atom stereocenters. The predicted molar refractivity (Wildman–Crippen MR) is 111 cm³/mol. The number of anilines is 2. The molecule has 0 radical (unpaired) electrons. The zero-order valence-corrected chi connectivity index (χ0v) is 17.2. The third-order valence-corrected chi connectivity index (χ3v) is 5.92. The fraction of sp³-hybridized carbons (Fsp3) is 0.111. The molecule has 0 saturated heterocycles. The first-order valence-electron chi connectivity index (χ1n) is 8.70. The Balaban J connectivity index is 1.50. The van der Waals surface area contributed by atoms with Crippen LogP contribution in [0.25, 0.3) is 0 Å². The highest BCUT2D eigenvalue weighted by molar-refractivity contribution is 7.86. The lowest BCUT2D eigenvalue weighted by Gasteiger charge is -2.19. The second kappa shape index (κ2) is 8.75. The lowest BCUT2D eigenvalue weighted by molar-refractivity contribution is 0.481. The van der Waals surface area contributed by atoms with Crippen LogP contribution < -0.4 is 21.7 Å². The molecule has 2 aromatic carbocycles. The van der Waals surface area contributed by atoms with Crippen molar-refractivity contribution >= 4 is 31.6 Å². The number of hydrogen-bond acceptors (Lipinski definition) is 8. The Bertz CT molecular complexity index is 1080. The van der Waals surface area contributed by atoms with Gasteiger partial charge in [-0.2, -0.15) is 16.8 Å². The standard InChI is InChI=1S/C18H20N4O6S2/c23-29(24,25)17-9-5-15(6-10-17)21-19-13-1-2-14(4-3-13)20-22-16-7-11-18(12-8-16)30(26,27)28/h1-2,5-12,19-22H,3-4H2,(H,23,24,25)(H,26,27,28). The van der Waals surface area contributed by atoms with Crippen molar-refractivity contribution < 1.29 is 25.9 Å². The minimum atomic E-state index is -4.21. The molecule has 1 aliphatic carbocycles. The lowest BCUT2D eigenvalue weighted by Crippen LogP contribution is -2.25. The van der Waals surface area contributed by atoms with Crippen LogP contribution in [-0.2, 0) is 20.2 Å². The van der Waals surface area contributed by atoms with E-state index < -0.39 is 20.2 Å². The molecular formula is C18H20N4O6S2. The molecule has 30 heavy (non-hydrogen) atoms. The SMILES string of the molecule is O=S(=O)(O)c1ccc(NNC2=CC=C(NNc3ccc(S(=O)(=O)O)cc3)CC2)cc1. The first kappa shape index (κ1) is 21.6. The second-order valence-electron chi connectivity index (χ2n) is 6.38. The molecule has 2 aromatic rings. The number of nitrogens with one attached hydrogen (secondary N) is 4. The zero-order chi connectivity index (χ0) is 21.8. The summed E-state index contributed by atoms with van der Waals surface area (Å²) >= 11 is 0. The number of rotatable bonds is 8. The van der Waals surface area contributed by atoms with E-state index in [1.807, 2.05) is 12.2 Å². The number of hydrogen-bond donors (Lipinski definition) is 6. The molecule has 0 saturated carbocycles. The van der Waals surface area contributed by atoms with Crippen molar-refractivity contribution in [2.24, 2.45) is 0 Å². The Morgan fingerprint density at radius 1 is 0.567 bits per heavy atom. The fourth-order valence-corrected chi connectivity index (χ4v) is 3.53. The maximum atomic E-state index is 11.0. The van der Waals surface area contributed by atoms with E-state index in [1.165, 1.54) is 48.5 Å². The van der Waals surface area contributed by atoms with Gasteiger partial charge < -0.3 is 21.7 Å². The molecule has 0 fully saturated rings. The van der Waals surface area contributed by atoms with Gasteiger partial charge >= 0.3 is 0 Å². The Morgan fingerprint density at radius 2 is 0.900 bits per heavy atom. The van der Waals surface area contributed by atoms with Gasteiger partial charge in [0.05, 0.1) is 21.2 Å². The smallest absolute Gasteiger partial charge is 0.294 e. The van der Waals surface area contributed by atoms with Gasteiger partial charge in [0.15, 0.2) is 0 Å². The highest BCUT2D eigenvalue weighted by atomic mass is 32.2. The molecule has 0 unspecified atom stereocenters. The lowest BCUT2D eigenvalue weighted by atomic mass is 10.1. The summed E-state index contributed by atoms with van der Waals surface area (Å²) in [5.74, 6) is 0. The number of benzene rings is 2. The largest absolute Gasteiger partial charge is 0.305 e. The summed E-state index contributed by atoms with van der Waals surface area (Å²) in [4.78, 5) is -0.354. The molecule has 10 nitrogen and oxygen atoms in total. The van der Waals surface area contributed by atoms with Gasteiger partial charge in [-0.3, -0.25) is 9.11 Å². The van der Waals surface area contributed by atoms with E-state index in [9.17, 15) is 16.8 Å². The summed E-state index contributed by atoms with van der Waals surface area (Å²) in [6.07, 6.45) is 5.15. The molecule has 0 bridgehead atoms. The summed E-state index contributed by atoms with van der Waals surface area (Å²) in [7, 11) is -8.43. The summed E-state index contributed by atoms with van der Waals surface area (Å²) in [6, 6.07) is 11.3. The molecule has 0 spiro atoms. The Labute approximate surface area is 174 Å². The van der Waals surface area contributed by atoms with Crippen molar-refractivity contribution in [1.82, 2.24) is 10.9 Å². The average molecular weight is 453 g/mol. The summed E-state index contributed by atoms with van der Waals surface area (Å²) < 4.78 is 62.1. The predicted octanol–water partition coefficient (Wildman–Crippen LogP) is 2.27. The molecule has 1 aliphatic rings. The van der Waals surface area contributed by atoms with Crippen LogP contribution in [0.2, 0.25) is 0 Å². The van der Waals surface area contributed by atoms with Crippen molar-refractivity contribution in [3.8, 4) is 0 Å². The summed E-state index contributed by atoms with van der Waals surface area (Å²) in [5, 5.41) is 0. The van der Waals surface area contributed by atoms with Crippen LogP contribution in [0.15, 0.2) is 81.9 Å². The molecule has 3 rings (SSSR count). The van der Waals surface area contributed by atoms with Crippen LogP contribution in [-0.4, -0.2) is 25.9 Å². The van der Waals surface area contributed by atoms with E-state index in [4.69, 9.17) is 9.11 Å². The Kier molecular flexibility index (Phi) is 6.31. The molecule has 0 aromatic heterocycles. The first-order chi connectivity index (χ1) is 14.1. The molecule has 0 amide bonds. The molecule has 0 aliphatic heterocycles. The van der Waals surface area contributed by atoms with Gasteiger partial charge in [-0.15, -0.1) is 0 Å². The van der Waals surface area contributed by atoms with Crippen molar-refractivity contribution in [1.29, 1.82) is 0 Å². The minimum Gasteiger partial charge on any atom is -0.305 e. The monoisotopic (exact) mass is 452 g/mol. The maximum Gasteiger partial charge on any atom is 0.294 e. The van der Waals surface area contributed by atoms with Crippen LogP contribution in [0.3, 0.4) is 0 Å². The number of hydrazine groups is 2. The van der Waals surface area contributed by atoms with Crippen molar-refractivity contribution in [3.63, 3.8) is 0 Å². The van der Waals surface area contributed by atoms with E-state index in [-0.39, 0.29) is 9.79 Å². The normalized spacial score (nSPS) is 14.3. The van der Waals surface area contributed by atoms with E-state index in [1.54, 1.807) is 0 Å². The van der Waals surface area contributed by atoms with Gasteiger partial charge in [-0.1, -0.05) is 0 Å². The van der Waals surface area contributed by atoms with Crippen molar-refractivity contribution in [2.45, 2.75) is 22.6 Å². The Morgan fingerprint density at radius 3 is 1.17 bits per heavy atom. The minimum absolute atomic E-state index is 0.177. The van der Waals surface area contributed by atoms with Gasteiger partial charge in [-0.05, 0) is 73.5 Å². The van der Waals surface area contributed by atoms with Crippen LogP contribution in [0, 0.1) is 0 Å². The van der Waals surface area contributed by atoms with Crippen molar-refractivity contribution in [3.05, 3.63) is 72.1 Å². The van der Waals surface area contributed by atoms with Crippen LogP contribution in [0.4, 0.5) is 11.4 Å². The topological polar surface area (TPSA) is 157 Å². The summed E-state index contributed by atoms with van der Waals surface area (Å²) in [5.41, 5.74) is 15.1. The van der Waals surface area contributed by atoms with Crippen LogP contribution >= 0.6 is 0 Å². The quantitative estimate of drug-likeness (QED) is 0.259. The second-order valence-corrected chi connectivity index (χ2v) is 9.23. The Hall–Kier alpha value is -3.06. The van der Waals surface area contributed by atoms with Crippen LogP contribution in [0.5, 0.6) is 0 Å². The van der Waals surface area contributed by atoms with Gasteiger partial charge in [0.2, 0.25) is 0 Å². The van der Waals surface area contributed by atoms with E-state index in [0.29, 0.717) is 24.2 Å². The van der Waals surface area contributed by atoms with Gasteiger partial charge in [0.25, 0.3) is 20.2 Å². The zero-order valence-electron chi connectivity index (χ0n) is 15.5.